The molecular formula is C15H24N4. The topological polar surface area (TPSA) is 41.0 Å². The first-order valence-corrected chi connectivity index (χ1v) is 7.47. The molecule has 3 rings (SSSR count). The van der Waals surface area contributed by atoms with Gasteiger partial charge in [0.15, 0.2) is 0 Å². The molecule has 0 radical (unpaired) electrons. The lowest BCUT2D eigenvalue weighted by Gasteiger charge is -2.48. The molecule has 0 aromatic carbocycles. The quantitative estimate of drug-likeness (QED) is 0.901. The van der Waals surface area contributed by atoms with Gasteiger partial charge >= 0.3 is 0 Å². The lowest BCUT2D eigenvalue weighted by atomic mass is 9.81. The summed E-state index contributed by atoms with van der Waals surface area (Å²) in [4.78, 5) is 11.6. The maximum atomic E-state index is 4.52. The third kappa shape index (κ3) is 2.79. The van der Waals surface area contributed by atoms with E-state index in [1.165, 1.54) is 32.1 Å². The van der Waals surface area contributed by atoms with E-state index in [1.54, 1.807) is 0 Å². The lowest BCUT2D eigenvalue weighted by molar-refractivity contribution is 0.0180. The number of aryl methyl sites for hydroxylation is 1. The normalized spacial score (nSPS) is 31.4. The molecule has 2 aliphatic heterocycles. The van der Waals surface area contributed by atoms with Gasteiger partial charge in [-0.05, 0) is 39.7 Å². The molecule has 4 nitrogen and oxygen atoms in total. The summed E-state index contributed by atoms with van der Waals surface area (Å²) in [5.74, 6) is 0. The number of nitrogens with one attached hydrogen (secondary N) is 1. The largest absolute Gasteiger partial charge is 0.317 e. The van der Waals surface area contributed by atoms with Crippen molar-refractivity contribution in [3.8, 4) is 0 Å². The molecule has 2 unspecified atom stereocenters. The molecule has 3 heterocycles. The van der Waals surface area contributed by atoms with E-state index in [-0.39, 0.29) is 0 Å². The van der Waals surface area contributed by atoms with Crippen LogP contribution in [0.15, 0.2) is 12.4 Å². The van der Waals surface area contributed by atoms with E-state index in [0.29, 0.717) is 6.04 Å². The number of rotatable bonds is 3. The maximum Gasteiger partial charge on any atom is 0.0727 e. The van der Waals surface area contributed by atoms with Crippen molar-refractivity contribution in [3.63, 3.8) is 0 Å². The highest BCUT2D eigenvalue weighted by Crippen LogP contribution is 2.34. The van der Waals surface area contributed by atoms with Crippen LogP contribution in [0.5, 0.6) is 0 Å². The van der Waals surface area contributed by atoms with Gasteiger partial charge < -0.3 is 5.32 Å². The Labute approximate surface area is 115 Å². The summed E-state index contributed by atoms with van der Waals surface area (Å²) in [7, 11) is 2.10. The molecule has 1 aromatic heterocycles. The van der Waals surface area contributed by atoms with E-state index < -0.39 is 0 Å². The fourth-order valence-electron chi connectivity index (χ4n) is 3.66. The van der Waals surface area contributed by atoms with E-state index >= 15 is 0 Å². The predicted molar refractivity (Wildman–Crippen MR) is 75.8 cm³/mol. The van der Waals surface area contributed by atoms with Crippen LogP contribution >= 0.6 is 0 Å². The van der Waals surface area contributed by atoms with Gasteiger partial charge in [0.2, 0.25) is 0 Å². The molecule has 2 bridgehead atoms. The Hall–Kier alpha value is -1.00. The van der Waals surface area contributed by atoms with Crippen molar-refractivity contribution < 1.29 is 0 Å². The van der Waals surface area contributed by atoms with E-state index in [9.17, 15) is 0 Å². The number of aromatic nitrogens is 2. The minimum Gasteiger partial charge on any atom is -0.317 e. The van der Waals surface area contributed by atoms with E-state index in [2.05, 4.69) is 27.2 Å². The van der Waals surface area contributed by atoms with E-state index in [1.807, 2.05) is 19.3 Å². The molecule has 2 atom stereocenters. The molecule has 4 heteroatoms. The average Bonchev–Trinajstić information content (AvgIpc) is 2.41. The molecule has 19 heavy (non-hydrogen) atoms. The van der Waals surface area contributed by atoms with Crippen LogP contribution in [0.1, 0.15) is 43.5 Å². The second-order valence-corrected chi connectivity index (χ2v) is 6.02. The molecule has 2 aliphatic rings. The summed E-state index contributed by atoms with van der Waals surface area (Å²) in [5, 5.41) is 3.47. The van der Waals surface area contributed by atoms with E-state index in [0.717, 1.165) is 30.0 Å². The standard InChI is InChI=1S/C15H24N4/c1-11-8-18-13(9-17-11)10-19-14-4-3-5-15(19)7-12(6-14)16-2/h8-9,12,14-16H,3-7,10H2,1-2H3. The van der Waals surface area contributed by atoms with Crippen LogP contribution in [0.25, 0.3) is 0 Å². The fraction of sp³-hybridized carbons (Fsp3) is 0.733. The summed E-state index contributed by atoms with van der Waals surface area (Å²) in [6, 6.07) is 2.16. The SMILES string of the molecule is CNC1CC2CCCC(C1)N2Cc1cnc(C)cn1. The minimum atomic E-state index is 0.704. The zero-order valence-electron chi connectivity index (χ0n) is 12.0. The smallest absolute Gasteiger partial charge is 0.0727 e. The summed E-state index contributed by atoms with van der Waals surface area (Å²) in [5.41, 5.74) is 2.11. The van der Waals surface area contributed by atoms with Crippen LogP contribution < -0.4 is 5.32 Å². The average molecular weight is 260 g/mol. The third-order valence-electron chi connectivity index (χ3n) is 4.71. The highest BCUT2D eigenvalue weighted by Gasteiger charge is 2.37. The molecule has 0 saturated carbocycles. The summed E-state index contributed by atoms with van der Waals surface area (Å²) < 4.78 is 0. The monoisotopic (exact) mass is 260 g/mol. The van der Waals surface area contributed by atoms with Gasteiger partial charge in [-0.25, -0.2) is 0 Å². The summed E-state index contributed by atoms with van der Waals surface area (Å²) in [6.45, 7) is 2.96. The van der Waals surface area contributed by atoms with Gasteiger partial charge in [0, 0.05) is 37.1 Å². The summed E-state index contributed by atoms with van der Waals surface area (Å²) >= 11 is 0. The zero-order valence-corrected chi connectivity index (χ0v) is 12.0. The van der Waals surface area contributed by atoms with Crippen molar-refractivity contribution in [1.82, 2.24) is 20.2 Å². The molecule has 1 aromatic rings. The number of piperidine rings is 2. The van der Waals surface area contributed by atoms with Gasteiger partial charge in [-0.15, -0.1) is 0 Å². The predicted octanol–water partition coefficient (Wildman–Crippen LogP) is 1.89. The van der Waals surface area contributed by atoms with Crippen LogP contribution in [0.4, 0.5) is 0 Å². The first kappa shape index (κ1) is 13.0. The van der Waals surface area contributed by atoms with Gasteiger partial charge in [0.05, 0.1) is 11.4 Å². The van der Waals surface area contributed by atoms with Crippen molar-refractivity contribution >= 4 is 0 Å². The van der Waals surface area contributed by atoms with Crippen molar-refractivity contribution in [3.05, 3.63) is 23.8 Å². The van der Waals surface area contributed by atoms with Crippen LogP contribution in [0.3, 0.4) is 0 Å². The number of hydrogen-bond donors (Lipinski definition) is 1. The van der Waals surface area contributed by atoms with Crippen molar-refractivity contribution in [2.75, 3.05) is 7.05 Å². The second-order valence-electron chi connectivity index (χ2n) is 6.02. The summed E-state index contributed by atoms with van der Waals surface area (Å²) in [6.07, 6.45) is 10.5. The van der Waals surface area contributed by atoms with Crippen LogP contribution in [0, 0.1) is 6.92 Å². The molecule has 2 saturated heterocycles. The molecule has 0 spiro atoms. The Bertz CT molecular complexity index is 403. The van der Waals surface area contributed by atoms with Crippen molar-refractivity contribution in [2.45, 2.75) is 63.7 Å². The zero-order chi connectivity index (χ0) is 13.2. The van der Waals surface area contributed by atoms with Crippen LogP contribution in [-0.4, -0.2) is 40.0 Å². The van der Waals surface area contributed by atoms with Gasteiger partial charge in [-0.3, -0.25) is 14.9 Å². The van der Waals surface area contributed by atoms with Crippen LogP contribution in [-0.2, 0) is 6.54 Å². The fourth-order valence-corrected chi connectivity index (χ4v) is 3.66. The van der Waals surface area contributed by atoms with Crippen molar-refractivity contribution in [1.29, 1.82) is 0 Å². The van der Waals surface area contributed by atoms with Gasteiger partial charge in [0.1, 0.15) is 0 Å². The Balaban J connectivity index is 1.71. The van der Waals surface area contributed by atoms with Gasteiger partial charge in [-0.2, -0.15) is 0 Å². The third-order valence-corrected chi connectivity index (χ3v) is 4.71. The number of fused-ring (bicyclic) bond motifs is 2. The second kappa shape index (κ2) is 5.55. The Morgan fingerprint density at radius 3 is 2.53 bits per heavy atom. The number of hydrogen-bond acceptors (Lipinski definition) is 4. The van der Waals surface area contributed by atoms with Crippen molar-refractivity contribution in [2.24, 2.45) is 0 Å². The lowest BCUT2D eigenvalue weighted by Crippen LogP contribution is -2.55. The molecule has 1 N–H and O–H groups in total. The molecule has 0 aliphatic carbocycles. The number of nitrogens with zero attached hydrogens (tertiary/aromatic N) is 3. The first-order valence-electron chi connectivity index (χ1n) is 7.47. The van der Waals surface area contributed by atoms with E-state index in [4.69, 9.17) is 0 Å². The highest BCUT2D eigenvalue weighted by atomic mass is 15.2. The highest BCUT2D eigenvalue weighted by molar-refractivity contribution is 5.03. The Morgan fingerprint density at radius 1 is 1.21 bits per heavy atom. The maximum absolute atomic E-state index is 4.52. The molecule has 104 valence electrons. The molecular weight excluding hydrogens is 236 g/mol. The Kier molecular flexibility index (Phi) is 3.80. The molecule has 0 amide bonds. The van der Waals surface area contributed by atoms with Crippen LogP contribution in [0.2, 0.25) is 0 Å². The van der Waals surface area contributed by atoms with Gasteiger partial charge in [0.25, 0.3) is 0 Å². The minimum absolute atomic E-state index is 0.704. The van der Waals surface area contributed by atoms with Gasteiger partial charge in [-0.1, -0.05) is 6.42 Å². The first-order chi connectivity index (χ1) is 9.26. The molecule has 2 fully saturated rings. The Morgan fingerprint density at radius 2 is 1.95 bits per heavy atom.